The Morgan fingerprint density at radius 3 is 1.64 bits per heavy atom. The van der Waals surface area contributed by atoms with E-state index in [1.165, 1.54) is 0 Å². The van der Waals surface area contributed by atoms with Crippen LogP contribution in [0.3, 0.4) is 0 Å². The molecule has 0 saturated carbocycles. The minimum Gasteiger partial charge on any atom is -0.508 e. The first-order chi connectivity index (χ1) is 15.7. The van der Waals surface area contributed by atoms with Crippen molar-refractivity contribution in [2.24, 2.45) is 0 Å². The fourth-order valence-corrected chi connectivity index (χ4v) is 3.77. The first-order valence-corrected chi connectivity index (χ1v) is 10.7. The zero-order chi connectivity index (χ0) is 23.7. The van der Waals surface area contributed by atoms with Gasteiger partial charge in [0, 0.05) is 11.8 Å². The molecule has 0 bridgehead atoms. The second-order valence-electron chi connectivity index (χ2n) is 8.32. The van der Waals surface area contributed by atoms with E-state index >= 15 is 0 Å². The van der Waals surface area contributed by atoms with Crippen LogP contribution in [0.25, 0.3) is 0 Å². The molecular formula is C28H27NO4. The van der Waals surface area contributed by atoms with Crippen LogP contribution in [-0.2, 0) is 0 Å². The summed E-state index contributed by atoms with van der Waals surface area (Å²) < 4.78 is 5.99. The van der Waals surface area contributed by atoms with E-state index < -0.39 is 0 Å². The Kier molecular flexibility index (Phi) is 5.88. The molecule has 0 atom stereocenters. The molecule has 33 heavy (non-hydrogen) atoms. The van der Waals surface area contributed by atoms with Gasteiger partial charge in [0.2, 0.25) is 0 Å². The van der Waals surface area contributed by atoms with Gasteiger partial charge >= 0.3 is 0 Å². The summed E-state index contributed by atoms with van der Waals surface area (Å²) in [6.07, 6.45) is 0. The lowest BCUT2D eigenvalue weighted by Crippen LogP contribution is -2.10. The van der Waals surface area contributed by atoms with Gasteiger partial charge in [0.15, 0.2) is 0 Å². The van der Waals surface area contributed by atoms with Gasteiger partial charge in [-0.15, -0.1) is 0 Å². The van der Waals surface area contributed by atoms with Crippen LogP contribution in [0, 0.1) is 27.7 Å². The Labute approximate surface area is 193 Å². The summed E-state index contributed by atoms with van der Waals surface area (Å²) in [5.41, 5.74) is 5.42. The lowest BCUT2D eigenvalue weighted by Gasteiger charge is -2.27. The summed E-state index contributed by atoms with van der Waals surface area (Å²) in [5, 5.41) is 31.4. The maximum absolute atomic E-state index is 10.7. The normalized spacial score (nSPS) is 10.8. The molecule has 0 aliphatic carbocycles. The van der Waals surface area contributed by atoms with Gasteiger partial charge in [-0.3, -0.25) is 0 Å². The van der Waals surface area contributed by atoms with Crippen LogP contribution in [0.15, 0.2) is 72.8 Å². The average molecular weight is 442 g/mol. The smallest absolute Gasteiger partial charge is 0.139 e. The van der Waals surface area contributed by atoms with Gasteiger partial charge in [0.25, 0.3) is 0 Å². The standard InChI is InChI=1S/C28H27NO4/c1-17-5-11-23(26(31)13-17)29(24-12-6-18(2)14-27(24)32)21-7-9-22(10-8-21)33-28-16-25(30)19(3)15-20(28)4/h5-16,30-32H,1-4H3. The van der Waals surface area contributed by atoms with E-state index in [2.05, 4.69) is 0 Å². The van der Waals surface area contributed by atoms with E-state index in [9.17, 15) is 15.3 Å². The van der Waals surface area contributed by atoms with Crippen LogP contribution >= 0.6 is 0 Å². The summed E-state index contributed by atoms with van der Waals surface area (Å²) in [6, 6.07) is 21.7. The summed E-state index contributed by atoms with van der Waals surface area (Å²) in [6.45, 7) is 7.59. The van der Waals surface area contributed by atoms with Crippen molar-refractivity contribution in [3.05, 3.63) is 95.1 Å². The molecule has 168 valence electrons. The van der Waals surface area contributed by atoms with Crippen molar-refractivity contribution in [1.29, 1.82) is 0 Å². The van der Waals surface area contributed by atoms with E-state index in [4.69, 9.17) is 4.74 Å². The highest BCUT2D eigenvalue weighted by atomic mass is 16.5. The van der Waals surface area contributed by atoms with Gasteiger partial charge in [0.05, 0.1) is 11.4 Å². The molecule has 0 saturated heterocycles. The lowest BCUT2D eigenvalue weighted by molar-refractivity contribution is 0.450. The van der Waals surface area contributed by atoms with Crippen molar-refractivity contribution in [1.82, 2.24) is 0 Å². The van der Waals surface area contributed by atoms with E-state index in [-0.39, 0.29) is 17.2 Å². The van der Waals surface area contributed by atoms with Gasteiger partial charge in [-0.05, 0) is 105 Å². The molecule has 4 aromatic carbocycles. The van der Waals surface area contributed by atoms with Crippen molar-refractivity contribution in [2.45, 2.75) is 27.7 Å². The molecule has 0 aromatic heterocycles. The van der Waals surface area contributed by atoms with E-state index in [0.29, 0.717) is 22.9 Å². The maximum Gasteiger partial charge on any atom is 0.139 e. The monoisotopic (exact) mass is 441 g/mol. The van der Waals surface area contributed by atoms with Crippen LogP contribution in [0.1, 0.15) is 22.3 Å². The number of phenolic OH excluding ortho intramolecular Hbond substituents is 3. The quantitative estimate of drug-likeness (QED) is 0.303. The van der Waals surface area contributed by atoms with Crippen LogP contribution in [0.5, 0.6) is 28.7 Å². The molecule has 0 heterocycles. The molecule has 0 spiro atoms. The Balaban J connectivity index is 1.74. The Bertz CT molecular complexity index is 1260. The van der Waals surface area contributed by atoms with Crippen molar-refractivity contribution in [3.8, 4) is 28.7 Å². The third-order valence-electron chi connectivity index (χ3n) is 5.56. The predicted molar refractivity (Wildman–Crippen MR) is 132 cm³/mol. The SMILES string of the molecule is Cc1ccc(N(c2ccc(Oc3cc(O)c(C)cc3C)cc2)c2ccc(C)cc2O)c(O)c1. The molecule has 0 aliphatic rings. The fraction of sp³-hybridized carbons (Fsp3) is 0.143. The molecule has 5 heteroatoms. The Morgan fingerprint density at radius 1 is 0.576 bits per heavy atom. The Morgan fingerprint density at radius 2 is 1.12 bits per heavy atom. The number of nitrogens with zero attached hydrogens (tertiary/aromatic N) is 1. The molecule has 5 nitrogen and oxygen atoms in total. The molecular weight excluding hydrogens is 414 g/mol. The highest BCUT2D eigenvalue weighted by Gasteiger charge is 2.19. The second kappa shape index (κ2) is 8.79. The molecule has 4 aromatic rings. The topological polar surface area (TPSA) is 73.2 Å². The minimum absolute atomic E-state index is 0.112. The lowest BCUT2D eigenvalue weighted by atomic mass is 10.1. The minimum atomic E-state index is 0.112. The van der Waals surface area contributed by atoms with Crippen molar-refractivity contribution >= 4 is 17.1 Å². The third-order valence-corrected chi connectivity index (χ3v) is 5.56. The maximum atomic E-state index is 10.7. The predicted octanol–water partition coefficient (Wildman–Crippen LogP) is 7.30. The zero-order valence-electron chi connectivity index (χ0n) is 19.1. The van der Waals surface area contributed by atoms with Gasteiger partial charge in [-0.25, -0.2) is 0 Å². The molecule has 0 fully saturated rings. The zero-order valence-corrected chi connectivity index (χ0v) is 19.1. The second-order valence-corrected chi connectivity index (χ2v) is 8.32. The first kappa shape index (κ1) is 22.1. The van der Waals surface area contributed by atoms with Crippen LogP contribution in [0.4, 0.5) is 17.1 Å². The number of aryl methyl sites for hydroxylation is 4. The van der Waals surface area contributed by atoms with E-state index in [0.717, 1.165) is 27.9 Å². The van der Waals surface area contributed by atoms with Gasteiger partial charge in [-0.1, -0.05) is 12.1 Å². The molecule has 3 N–H and O–H groups in total. The van der Waals surface area contributed by atoms with Crippen molar-refractivity contribution < 1.29 is 20.1 Å². The largest absolute Gasteiger partial charge is 0.508 e. The first-order valence-electron chi connectivity index (χ1n) is 10.7. The average Bonchev–Trinajstić information content (AvgIpc) is 2.76. The number of aromatic hydroxyl groups is 3. The molecule has 0 unspecified atom stereocenters. The number of phenols is 3. The highest BCUT2D eigenvalue weighted by Crippen LogP contribution is 2.44. The number of ether oxygens (including phenoxy) is 1. The number of hydrogen-bond acceptors (Lipinski definition) is 5. The molecule has 0 amide bonds. The highest BCUT2D eigenvalue weighted by molar-refractivity contribution is 5.83. The summed E-state index contributed by atoms with van der Waals surface area (Å²) in [4.78, 5) is 1.80. The molecule has 4 rings (SSSR count). The Hall–Kier alpha value is -4.12. The van der Waals surface area contributed by atoms with E-state index in [1.807, 2.05) is 82.3 Å². The number of anilines is 3. The molecule has 0 aliphatic heterocycles. The van der Waals surface area contributed by atoms with Gasteiger partial charge < -0.3 is 25.0 Å². The van der Waals surface area contributed by atoms with Crippen molar-refractivity contribution in [2.75, 3.05) is 4.90 Å². The third kappa shape index (κ3) is 4.58. The summed E-state index contributed by atoms with van der Waals surface area (Å²) >= 11 is 0. The van der Waals surface area contributed by atoms with Crippen LogP contribution in [-0.4, -0.2) is 15.3 Å². The van der Waals surface area contributed by atoms with Gasteiger partial charge in [0.1, 0.15) is 28.7 Å². The van der Waals surface area contributed by atoms with Crippen molar-refractivity contribution in [3.63, 3.8) is 0 Å². The van der Waals surface area contributed by atoms with Crippen LogP contribution < -0.4 is 9.64 Å². The number of hydrogen-bond donors (Lipinski definition) is 3. The fourth-order valence-electron chi connectivity index (χ4n) is 3.77. The molecule has 0 radical (unpaired) electrons. The number of benzene rings is 4. The summed E-state index contributed by atoms with van der Waals surface area (Å²) in [5.74, 6) is 1.59. The number of rotatable bonds is 5. The van der Waals surface area contributed by atoms with Crippen LogP contribution in [0.2, 0.25) is 0 Å². The van der Waals surface area contributed by atoms with E-state index in [1.54, 1.807) is 23.1 Å². The van der Waals surface area contributed by atoms with Gasteiger partial charge in [-0.2, -0.15) is 0 Å². The summed E-state index contributed by atoms with van der Waals surface area (Å²) in [7, 11) is 0.